The Morgan fingerprint density at radius 1 is 1.00 bits per heavy atom. The maximum absolute atomic E-state index is 12.6. The molecule has 0 aromatic heterocycles. The van der Waals surface area contributed by atoms with Crippen LogP contribution in [0.1, 0.15) is 20.8 Å². The van der Waals surface area contributed by atoms with Gasteiger partial charge in [-0.2, -0.15) is 0 Å². The van der Waals surface area contributed by atoms with Gasteiger partial charge >= 0.3 is 0 Å². The lowest BCUT2D eigenvalue weighted by molar-refractivity contribution is -0.270. The number of rotatable bonds is 8. The fourth-order valence-corrected chi connectivity index (χ4v) is 4.29. The Labute approximate surface area is 185 Å². The zero-order chi connectivity index (χ0) is 24.3. The van der Waals surface area contributed by atoms with Crippen LogP contribution in [0.15, 0.2) is 0 Å². The van der Waals surface area contributed by atoms with Crippen LogP contribution in [0.5, 0.6) is 0 Å². The molecule has 32 heavy (non-hydrogen) atoms. The minimum absolute atomic E-state index is 0.465. The second-order valence-corrected chi connectivity index (χ2v) is 8.29. The van der Waals surface area contributed by atoms with E-state index in [-0.39, 0.29) is 0 Å². The maximum Gasteiger partial charge on any atom is 0.217 e. The lowest BCUT2D eigenvalue weighted by Gasteiger charge is -2.47. The minimum atomic E-state index is -1.56. The van der Waals surface area contributed by atoms with Gasteiger partial charge in [0.25, 0.3) is 0 Å². The molecule has 0 radical (unpaired) electrons. The van der Waals surface area contributed by atoms with Crippen LogP contribution in [0, 0.1) is 5.92 Å². The highest BCUT2D eigenvalue weighted by atomic mass is 16.6. The number of aliphatic hydroxyl groups excluding tert-OH is 6. The van der Waals surface area contributed by atoms with E-state index in [0.717, 1.165) is 0 Å². The molecule has 12 atom stereocenters. The topological polar surface area (TPSA) is 221 Å². The second-order valence-electron chi connectivity index (χ2n) is 8.29. The molecule has 2 fully saturated rings. The molecule has 0 saturated carbocycles. The molecule has 0 aromatic carbocycles. The monoisotopic (exact) mass is 466 g/mol. The van der Waals surface area contributed by atoms with Crippen molar-refractivity contribution < 1.29 is 54.4 Å². The van der Waals surface area contributed by atoms with Crippen LogP contribution in [-0.4, -0.2) is 123 Å². The number of nitrogens with one attached hydrogen (secondary N) is 1. The molecule has 186 valence electrons. The first kappa shape index (κ1) is 27.0. The van der Waals surface area contributed by atoms with Crippen LogP contribution < -0.4 is 11.1 Å². The highest BCUT2D eigenvalue weighted by Gasteiger charge is 2.51. The number of hydrogen-bond acceptors (Lipinski definition) is 12. The van der Waals surface area contributed by atoms with Gasteiger partial charge in [-0.1, -0.05) is 0 Å². The molecule has 2 saturated heterocycles. The summed E-state index contributed by atoms with van der Waals surface area (Å²) in [6.07, 6.45) is -11.9. The molecular weight excluding hydrogens is 432 g/mol. The lowest BCUT2D eigenvalue weighted by Crippen LogP contribution is -2.68. The van der Waals surface area contributed by atoms with E-state index in [1.807, 2.05) is 0 Å². The van der Waals surface area contributed by atoms with Gasteiger partial charge in [-0.25, -0.2) is 0 Å². The third kappa shape index (κ3) is 5.62. The molecular formula is C19H34N2O11. The van der Waals surface area contributed by atoms with Crippen LogP contribution >= 0.6 is 0 Å². The first-order valence-electron chi connectivity index (χ1n) is 10.4. The molecule has 0 aliphatic carbocycles. The molecule has 13 nitrogen and oxygen atoms in total. The summed E-state index contributed by atoms with van der Waals surface area (Å²) in [6.45, 7) is 2.62. The SMILES string of the molecule is CC(=O)N[C@H]1C(C(C(C)=O)C(C)O[C@@H]2[C@@H](N)[C@@H](O)O[C@H](CO)[C@H]2O)O[C@H](CO)[C@@H](O)[C@@H]1O. The molecule has 2 heterocycles. The van der Waals surface area contributed by atoms with Gasteiger partial charge in [0.15, 0.2) is 6.29 Å². The summed E-state index contributed by atoms with van der Waals surface area (Å²) in [5.41, 5.74) is 5.89. The fraction of sp³-hybridized carbons (Fsp3) is 0.895. The van der Waals surface area contributed by atoms with Crippen LogP contribution in [-0.2, 0) is 23.8 Å². The number of ketones is 1. The summed E-state index contributed by atoms with van der Waals surface area (Å²) in [7, 11) is 0. The molecule has 3 unspecified atom stereocenters. The normalized spacial score (nSPS) is 42.2. The second kappa shape index (κ2) is 11.2. The third-order valence-corrected chi connectivity index (χ3v) is 5.96. The molecule has 1 amide bonds. The zero-order valence-corrected chi connectivity index (χ0v) is 18.1. The Morgan fingerprint density at radius 3 is 2.06 bits per heavy atom. The van der Waals surface area contributed by atoms with Crippen molar-refractivity contribution in [1.82, 2.24) is 5.32 Å². The average molecular weight is 466 g/mol. The van der Waals surface area contributed by atoms with Crippen molar-refractivity contribution in [2.75, 3.05) is 13.2 Å². The maximum atomic E-state index is 12.6. The molecule has 2 aliphatic rings. The smallest absolute Gasteiger partial charge is 0.217 e. The van der Waals surface area contributed by atoms with Crippen LogP contribution in [0.2, 0.25) is 0 Å². The fourth-order valence-electron chi connectivity index (χ4n) is 4.29. The van der Waals surface area contributed by atoms with Gasteiger partial charge in [0.05, 0.1) is 43.4 Å². The molecule has 0 bridgehead atoms. The van der Waals surface area contributed by atoms with Crippen LogP contribution in [0.3, 0.4) is 0 Å². The summed E-state index contributed by atoms with van der Waals surface area (Å²) < 4.78 is 16.6. The number of amides is 1. The Morgan fingerprint density at radius 2 is 1.56 bits per heavy atom. The standard InChI is InChI=1S/C19H34N2O11/c1-6(24)11(7(2)30-18-12(20)19(29)32-10(5-23)15(18)27)17-13(21-8(3)25)16(28)14(26)9(4-22)31-17/h7,9-19,22-23,26-29H,4-5,20H2,1-3H3,(H,21,25)/t7?,9-,10-,11?,12-,13-,14-,15-,16-,17?,18-,19+/m1/s1. The summed E-state index contributed by atoms with van der Waals surface area (Å²) in [4.78, 5) is 24.3. The Balaban J connectivity index is 2.33. The number of carbonyl (C=O) groups excluding carboxylic acids is 2. The van der Waals surface area contributed by atoms with Crippen LogP contribution in [0.25, 0.3) is 0 Å². The van der Waals surface area contributed by atoms with E-state index in [1.54, 1.807) is 0 Å². The molecule has 0 aromatic rings. The van der Waals surface area contributed by atoms with Crippen molar-refractivity contribution in [2.45, 2.75) is 88.0 Å². The van der Waals surface area contributed by atoms with Gasteiger partial charge in [-0.05, 0) is 13.8 Å². The predicted molar refractivity (Wildman–Crippen MR) is 106 cm³/mol. The summed E-state index contributed by atoms with van der Waals surface area (Å²) in [6, 6.07) is -2.42. The van der Waals surface area contributed by atoms with E-state index in [9.17, 15) is 40.2 Å². The summed E-state index contributed by atoms with van der Waals surface area (Å²) >= 11 is 0. The third-order valence-electron chi connectivity index (χ3n) is 5.96. The highest BCUT2D eigenvalue weighted by Crippen LogP contribution is 2.31. The van der Waals surface area contributed by atoms with E-state index in [4.69, 9.17) is 19.9 Å². The van der Waals surface area contributed by atoms with E-state index < -0.39 is 98.0 Å². The van der Waals surface area contributed by atoms with Gasteiger partial charge in [0, 0.05) is 6.92 Å². The van der Waals surface area contributed by atoms with E-state index >= 15 is 0 Å². The number of hydrogen-bond donors (Lipinski definition) is 8. The predicted octanol–water partition coefficient (Wildman–Crippen LogP) is -4.65. The van der Waals surface area contributed by atoms with Gasteiger partial charge in [0.2, 0.25) is 5.91 Å². The largest absolute Gasteiger partial charge is 0.394 e. The Hall–Kier alpha value is -1.26. The molecule has 0 spiro atoms. The zero-order valence-electron chi connectivity index (χ0n) is 18.1. The summed E-state index contributed by atoms with van der Waals surface area (Å²) in [5.74, 6) is -2.16. The van der Waals surface area contributed by atoms with E-state index in [0.29, 0.717) is 0 Å². The van der Waals surface area contributed by atoms with Crippen molar-refractivity contribution in [1.29, 1.82) is 0 Å². The van der Waals surface area contributed by atoms with Crippen molar-refractivity contribution in [3.05, 3.63) is 0 Å². The lowest BCUT2D eigenvalue weighted by atomic mass is 9.81. The van der Waals surface area contributed by atoms with Crippen molar-refractivity contribution in [3.63, 3.8) is 0 Å². The minimum Gasteiger partial charge on any atom is -0.394 e. The van der Waals surface area contributed by atoms with Crippen molar-refractivity contribution >= 4 is 11.7 Å². The highest BCUT2D eigenvalue weighted by molar-refractivity contribution is 5.80. The number of Topliss-reactive ketones (excluding diaryl/α,β-unsaturated/α-hetero) is 1. The molecule has 9 N–H and O–H groups in total. The Kier molecular flexibility index (Phi) is 9.48. The summed E-state index contributed by atoms with van der Waals surface area (Å²) in [5, 5.41) is 62.5. The molecule has 2 aliphatic heterocycles. The van der Waals surface area contributed by atoms with Crippen molar-refractivity contribution in [3.8, 4) is 0 Å². The number of nitrogens with two attached hydrogens (primary N) is 1. The van der Waals surface area contributed by atoms with Crippen LogP contribution in [0.4, 0.5) is 0 Å². The van der Waals surface area contributed by atoms with Gasteiger partial charge in [-0.3, -0.25) is 9.59 Å². The number of aliphatic hydroxyl groups is 6. The van der Waals surface area contributed by atoms with Crippen molar-refractivity contribution in [2.24, 2.45) is 11.7 Å². The average Bonchev–Trinajstić information content (AvgIpc) is 2.72. The Bertz CT molecular complexity index is 653. The van der Waals surface area contributed by atoms with Gasteiger partial charge in [-0.15, -0.1) is 0 Å². The molecule has 13 heteroatoms. The number of carbonyl (C=O) groups is 2. The van der Waals surface area contributed by atoms with Gasteiger partial charge < -0.3 is 55.9 Å². The van der Waals surface area contributed by atoms with E-state index in [2.05, 4.69) is 5.32 Å². The quantitative estimate of drug-likeness (QED) is 0.169. The van der Waals surface area contributed by atoms with Gasteiger partial charge in [0.1, 0.15) is 42.4 Å². The first-order chi connectivity index (χ1) is 14.9. The number of ether oxygens (including phenoxy) is 3. The first-order valence-corrected chi connectivity index (χ1v) is 10.4. The van der Waals surface area contributed by atoms with E-state index in [1.165, 1.54) is 20.8 Å². The molecule has 2 rings (SSSR count).